The summed E-state index contributed by atoms with van der Waals surface area (Å²) in [6.45, 7) is 4.26. The van der Waals surface area contributed by atoms with Gasteiger partial charge in [-0.2, -0.15) is 0 Å². The van der Waals surface area contributed by atoms with Crippen LogP contribution in [0.25, 0.3) is 11.4 Å². The van der Waals surface area contributed by atoms with Gasteiger partial charge in [0.1, 0.15) is 16.3 Å². The summed E-state index contributed by atoms with van der Waals surface area (Å²) < 4.78 is 30.4. The molecule has 0 fully saturated rings. The first-order valence-corrected chi connectivity index (χ1v) is 9.15. The SMILES string of the molecule is CCc1c(C)nc(-c2cccc(O)c2F)n(CCc2cccc(F)c2)c1=S. The van der Waals surface area contributed by atoms with Gasteiger partial charge in [0.15, 0.2) is 11.6 Å². The van der Waals surface area contributed by atoms with Gasteiger partial charge in [-0.3, -0.25) is 0 Å². The second-order valence-electron chi connectivity index (χ2n) is 6.33. The van der Waals surface area contributed by atoms with E-state index in [1.54, 1.807) is 22.8 Å². The molecule has 0 atom stereocenters. The Hall–Kier alpha value is -2.60. The summed E-state index contributed by atoms with van der Waals surface area (Å²) >= 11 is 5.65. The van der Waals surface area contributed by atoms with Crippen LogP contribution in [0.1, 0.15) is 23.7 Å². The van der Waals surface area contributed by atoms with Gasteiger partial charge in [-0.25, -0.2) is 13.8 Å². The van der Waals surface area contributed by atoms with Gasteiger partial charge in [0, 0.05) is 17.8 Å². The third-order valence-electron chi connectivity index (χ3n) is 4.56. The number of aryl methyl sites for hydroxylation is 2. The van der Waals surface area contributed by atoms with Gasteiger partial charge in [-0.1, -0.05) is 37.3 Å². The summed E-state index contributed by atoms with van der Waals surface area (Å²) in [6, 6.07) is 10.8. The molecule has 0 aliphatic rings. The maximum Gasteiger partial charge on any atom is 0.175 e. The van der Waals surface area contributed by atoms with Crippen molar-refractivity contribution in [3.8, 4) is 17.1 Å². The van der Waals surface area contributed by atoms with Crippen LogP contribution in [-0.4, -0.2) is 14.7 Å². The lowest BCUT2D eigenvalue weighted by molar-refractivity contribution is 0.433. The minimum atomic E-state index is -0.734. The summed E-state index contributed by atoms with van der Waals surface area (Å²) in [5.74, 6) is -1.11. The molecule has 0 saturated heterocycles. The highest BCUT2D eigenvalue weighted by Gasteiger charge is 2.17. The van der Waals surface area contributed by atoms with Gasteiger partial charge in [-0.15, -0.1) is 0 Å². The summed E-state index contributed by atoms with van der Waals surface area (Å²) in [5.41, 5.74) is 2.67. The molecule has 1 heterocycles. The Bertz CT molecular complexity index is 1050. The number of aromatic nitrogens is 2. The maximum atomic E-state index is 14.5. The summed E-state index contributed by atoms with van der Waals surface area (Å²) in [4.78, 5) is 4.58. The molecule has 1 aromatic heterocycles. The van der Waals surface area contributed by atoms with E-state index in [9.17, 15) is 13.9 Å². The summed E-state index contributed by atoms with van der Waals surface area (Å²) in [6.07, 6.45) is 1.23. The Morgan fingerprint density at radius 1 is 1.15 bits per heavy atom. The van der Waals surface area contributed by atoms with Crippen LogP contribution in [0.15, 0.2) is 42.5 Å². The van der Waals surface area contributed by atoms with Gasteiger partial charge in [0.2, 0.25) is 0 Å². The molecule has 140 valence electrons. The highest BCUT2D eigenvalue weighted by Crippen LogP contribution is 2.29. The number of halogens is 2. The van der Waals surface area contributed by atoms with Crippen molar-refractivity contribution in [2.24, 2.45) is 0 Å². The number of phenolic OH excluding ortho intramolecular Hbond substituents is 1. The average Bonchev–Trinajstić information content (AvgIpc) is 2.63. The van der Waals surface area contributed by atoms with Crippen LogP contribution in [-0.2, 0) is 19.4 Å². The van der Waals surface area contributed by atoms with Crippen LogP contribution in [0.3, 0.4) is 0 Å². The van der Waals surface area contributed by atoms with Gasteiger partial charge in [-0.05, 0) is 49.6 Å². The molecule has 0 bridgehead atoms. The van der Waals surface area contributed by atoms with Crippen molar-refractivity contribution < 1.29 is 13.9 Å². The molecule has 0 spiro atoms. The minimum Gasteiger partial charge on any atom is -0.505 e. The number of benzene rings is 2. The normalized spacial score (nSPS) is 11.0. The molecule has 3 nitrogen and oxygen atoms in total. The Morgan fingerprint density at radius 3 is 2.59 bits per heavy atom. The highest BCUT2D eigenvalue weighted by molar-refractivity contribution is 7.71. The predicted molar refractivity (Wildman–Crippen MR) is 104 cm³/mol. The third-order valence-corrected chi connectivity index (χ3v) is 5.02. The molecule has 1 N–H and O–H groups in total. The van der Waals surface area contributed by atoms with Crippen molar-refractivity contribution in [2.75, 3.05) is 0 Å². The highest BCUT2D eigenvalue weighted by atomic mass is 32.1. The minimum absolute atomic E-state index is 0.186. The zero-order chi connectivity index (χ0) is 19.6. The molecule has 0 unspecified atom stereocenters. The number of phenols is 1. The lowest BCUT2D eigenvalue weighted by Gasteiger charge is -2.18. The first-order chi connectivity index (χ1) is 12.9. The number of hydrogen-bond donors (Lipinski definition) is 1. The van der Waals surface area contributed by atoms with E-state index in [1.807, 2.05) is 19.9 Å². The molecule has 0 saturated carbocycles. The molecule has 27 heavy (non-hydrogen) atoms. The summed E-state index contributed by atoms with van der Waals surface area (Å²) in [5, 5.41) is 9.75. The lowest BCUT2D eigenvalue weighted by atomic mass is 10.1. The molecule has 0 amide bonds. The molecule has 6 heteroatoms. The van der Waals surface area contributed by atoms with E-state index in [0.717, 1.165) is 16.8 Å². The van der Waals surface area contributed by atoms with E-state index in [0.29, 0.717) is 29.9 Å². The van der Waals surface area contributed by atoms with Crippen molar-refractivity contribution in [2.45, 2.75) is 33.2 Å². The molecule has 0 radical (unpaired) electrons. The monoisotopic (exact) mass is 386 g/mol. The number of nitrogens with zero attached hydrogens (tertiary/aromatic N) is 2. The Morgan fingerprint density at radius 2 is 1.89 bits per heavy atom. The number of aromatic hydroxyl groups is 1. The number of hydrogen-bond acceptors (Lipinski definition) is 3. The van der Waals surface area contributed by atoms with E-state index in [-0.39, 0.29) is 11.4 Å². The van der Waals surface area contributed by atoms with Crippen LogP contribution in [0, 0.1) is 23.2 Å². The maximum absolute atomic E-state index is 14.5. The van der Waals surface area contributed by atoms with Gasteiger partial charge in [0.25, 0.3) is 0 Å². The second-order valence-corrected chi connectivity index (χ2v) is 6.72. The Kier molecular flexibility index (Phi) is 5.65. The van der Waals surface area contributed by atoms with E-state index in [1.165, 1.54) is 18.2 Å². The van der Waals surface area contributed by atoms with Crippen LogP contribution in [0.5, 0.6) is 5.75 Å². The molecular formula is C21H20F2N2OS. The molecular weight excluding hydrogens is 366 g/mol. The second kappa shape index (κ2) is 7.96. The molecule has 3 rings (SSSR count). The van der Waals surface area contributed by atoms with Crippen molar-refractivity contribution >= 4 is 12.2 Å². The van der Waals surface area contributed by atoms with Crippen molar-refractivity contribution in [1.82, 2.24) is 9.55 Å². The Balaban J connectivity index is 2.12. The fourth-order valence-corrected chi connectivity index (χ4v) is 3.62. The zero-order valence-electron chi connectivity index (χ0n) is 15.2. The fraction of sp³-hybridized carbons (Fsp3) is 0.238. The Labute approximate surface area is 162 Å². The van der Waals surface area contributed by atoms with Crippen LogP contribution in [0.4, 0.5) is 8.78 Å². The van der Waals surface area contributed by atoms with Gasteiger partial charge in [0.05, 0.1) is 5.56 Å². The smallest absolute Gasteiger partial charge is 0.175 e. The fourth-order valence-electron chi connectivity index (χ4n) is 3.15. The largest absolute Gasteiger partial charge is 0.505 e. The van der Waals surface area contributed by atoms with E-state index < -0.39 is 11.6 Å². The quantitative estimate of drug-likeness (QED) is 0.599. The molecule has 2 aromatic carbocycles. The predicted octanol–water partition coefficient (Wildman–Crippen LogP) is 5.38. The van der Waals surface area contributed by atoms with Crippen LogP contribution in [0.2, 0.25) is 0 Å². The standard InChI is InChI=1S/C21H20F2N2OS/c1-3-16-13(2)24-20(17-8-5-9-18(26)19(17)23)25(21(16)27)11-10-14-6-4-7-15(22)12-14/h4-9,12,26H,3,10-11H2,1-2H3. The van der Waals surface area contributed by atoms with E-state index in [4.69, 9.17) is 12.2 Å². The lowest BCUT2D eigenvalue weighted by Crippen LogP contribution is -2.13. The topological polar surface area (TPSA) is 38.1 Å². The van der Waals surface area contributed by atoms with Gasteiger partial charge >= 0.3 is 0 Å². The van der Waals surface area contributed by atoms with Gasteiger partial charge < -0.3 is 9.67 Å². The van der Waals surface area contributed by atoms with Crippen LogP contribution < -0.4 is 0 Å². The average molecular weight is 386 g/mol. The first kappa shape index (κ1) is 19.2. The number of rotatable bonds is 5. The first-order valence-electron chi connectivity index (χ1n) is 8.75. The summed E-state index contributed by atoms with van der Waals surface area (Å²) in [7, 11) is 0. The van der Waals surface area contributed by atoms with Crippen LogP contribution >= 0.6 is 12.2 Å². The van der Waals surface area contributed by atoms with E-state index in [2.05, 4.69) is 4.98 Å². The van der Waals surface area contributed by atoms with Crippen molar-refractivity contribution in [3.05, 3.63) is 75.6 Å². The zero-order valence-corrected chi connectivity index (χ0v) is 16.0. The molecule has 0 aliphatic heterocycles. The van der Waals surface area contributed by atoms with E-state index >= 15 is 0 Å². The van der Waals surface area contributed by atoms with Crippen molar-refractivity contribution in [1.29, 1.82) is 0 Å². The molecule has 0 aliphatic carbocycles. The molecule has 3 aromatic rings. The van der Waals surface area contributed by atoms with Crippen molar-refractivity contribution in [3.63, 3.8) is 0 Å². The third kappa shape index (κ3) is 3.90.